The lowest BCUT2D eigenvalue weighted by molar-refractivity contribution is 0.312. The van der Waals surface area contributed by atoms with Crippen LogP contribution in [-0.4, -0.2) is 12.2 Å². The summed E-state index contributed by atoms with van der Waals surface area (Å²) in [5.41, 5.74) is 5.30. The van der Waals surface area contributed by atoms with Crippen LogP contribution in [0, 0.1) is 0 Å². The van der Waals surface area contributed by atoms with Crippen molar-refractivity contribution in [2.24, 2.45) is 5.73 Å². The van der Waals surface area contributed by atoms with Crippen LogP contribution in [0.5, 0.6) is 0 Å². The molecular formula is C5H11ClFN. The lowest BCUT2D eigenvalue weighted by Gasteiger charge is -2.01. The van der Waals surface area contributed by atoms with Crippen molar-refractivity contribution in [2.75, 3.05) is 0 Å². The summed E-state index contributed by atoms with van der Waals surface area (Å²) in [4.78, 5) is 0. The predicted octanol–water partition coefficient (Wildman–Crippen LogP) is 1.26. The molecule has 2 unspecified atom stereocenters. The van der Waals surface area contributed by atoms with Gasteiger partial charge >= 0.3 is 0 Å². The highest BCUT2D eigenvalue weighted by Gasteiger charge is 2.22. The second-order valence-electron chi connectivity index (χ2n) is 2.11. The number of rotatable bonds is 0. The smallest absolute Gasteiger partial charge is 0.115 e. The van der Waals surface area contributed by atoms with Crippen LogP contribution < -0.4 is 5.73 Å². The van der Waals surface area contributed by atoms with Gasteiger partial charge in [-0.2, -0.15) is 0 Å². The summed E-state index contributed by atoms with van der Waals surface area (Å²) in [6.07, 6.45) is 1.82. The van der Waals surface area contributed by atoms with Crippen molar-refractivity contribution in [3.63, 3.8) is 0 Å². The maximum Gasteiger partial charge on any atom is 0.115 e. The first-order chi connectivity index (χ1) is 3.30. The Morgan fingerprint density at radius 2 is 2.00 bits per heavy atom. The summed E-state index contributed by atoms with van der Waals surface area (Å²) in [6.45, 7) is 0. The zero-order chi connectivity index (χ0) is 5.28. The van der Waals surface area contributed by atoms with E-state index in [1.54, 1.807) is 0 Å². The summed E-state index contributed by atoms with van der Waals surface area (Å²) in [5.74, 6) is 0. The van der Waals surface area contributed by atoms with E-state index in [2.05, 4.69) is 0 Å². The largest absolute Gasteiger partial charge is 0.325 e. The molecule has 0 bridgehead atoms. The zero-order valence-corrected chi connectivity index (χ0v) is 5.46. The fraction of sp³-hybridized carbons (Fsp3) is 1.00. The van der Waals surface area contributed by atoms with Crippen molar-refractivity contribution in [1.29, 1.82) is 0 Å². The van der Waals surface area contributed by atoms with Crippen molar-refractivity contribution in [3.05, 3.63) is 0 Å². The third kappa shape index (κ3) is 1.60. The minimum Gasteiger partial charge on any atom is -0.325 e. The van der Waals surface area contributed by atoms with Crippen LogP contribution in [0.1, 0.15) is 19.3 Å². The van der Waals surface area contributed by atoms with Crippen molar-refractivity contribution < 1.29 is 4.39 Å². The van der Waals surface area contributed by atoms with E-state index in [9.17, 15) is 4.39 Å². The molecule has 3 heteroatoms. The molecule has 1 aliphatic rings. The Labute approximate surface area is 54.9 Å². The number of halogens is 2. The van der Waals surface area contributed by atoms with Gasteiger partial charge in [-0.15, -0.1) is 12.4 Å². The Balaban J connectivity index is 0.000000490. The Kier molecular flexibility index (Phi) is 3.33. The van der Waals surface area contributed by atoms with Crippen LogP contribution in [0.2, 0.25) is 0 Å². The normalized spacial score (nSPS) is 36.8. The molecule has 0 aromatic rings. The predicted molar refractivity (Wildman–Crippen MR) is 34.0 cm³/mol. The molecule has 0 aromatic heterocycles. The lowest BCUT2D eigenvalue weighted by Crippen LogP contribution is -2.24. The molecule has 1 saturated carbocycles. The molecule has 1 nitrogen and oxygen atoms in total. The number of hydrogen-bond donors (Lipinski definition) is 1. The highest BCUT2D eigenvalue weighted by atomic mass is 35.5. The summed E-state index contributed by atoms with van der Waals surface area (Å²) < 4.78 is 12.2. The minimum absolute atomic E-state index is 0. The van der Waals surface area contributed by atoms with Gasteiger partial charge in [-0.25, -0.2) is 4.39 Å². The van der Waals surface area contributed by atoms with Crippen molar-refractivity contribution in [3.8, 4) is 0 Å². The van der Waals surface area contributed by atoms with Crippen LogP contribution >= 0.6 is 12.4 Å². The minimum atomic E-state index is -0.708. The van der Waals surface area contributed by atoms with E-state index in [1.165, 1.54) is 0 Å². The third-order valence-corrected chi connectivity index (χ3v) is 1.48. The molecule has 2 atom stereocenters. The Morgan fingerprint density at radius 3 is 2.12 bits per heavy atom. The molecule has 0 spiro atoms. The van der Waals surface area contributed by atoms with Gasteiger partial charge in [-0.05, 0) is 19.3 Å². The number of nitrogens with two attached hydrogens (primary N) is 1. The SMILES string of the molecule is Cl.NC1CCCC1F. The van der Waals surface area contributed by atoms with Crippen LogP contribution in [0.15, 0.2) is 0 Å². The highest BCUT2D eigenvalue weighted by Crippen LogP contribution is 2.19. The van der Waals surface area contributed by atoms with Crippen LogP contribution in [0.3, 0.4) is 0 Å². The van der Waals surface area contributed by atoms with E-state index in [1.807, 2.05) is 0 Å². The van der Waals surface area contributed by atoms with E-state index in [0.717, 1.165) is 12.8 Å². The van der Waals surface area contributed by atoms with E-state index in [-0.39, 0.29) is 18.4 Å². The average molecular weight is 140 g/mol. The lowest BCUT2D eigenvalue weighted by atomic mass is 10.2. The van der Waals surface area contributed by atoms with Crippen molar-refractivity contribution in [1.82, 2.24) is 0 Å². The van der Waals surface area contributed by atoms with Gasteiger partial charge in [0.2, 0.25) is 0 Å². The zero-order valence-electron chi connectivity index (χ0n) is 4.64. The fourth-order valence-corrected chi connectivity index (χ4v) is 0.943. The first-order valence-corrected chi connectivity index (χ1v) is 2.70. The average Bonchev–Trinajstić information content (AvgIpc) is 1.91. The van der Waals surface area contributed by atoms with E-state index in [4.69, 9.17) is 5.73 Å². The maximum atomic E-state index is 12.2. The van der Waals surface area contributed by atoms with Gasteiger partial charge in [0, 0.05) is 6.04 Å². The van der Waals surface area contributed by atoms with Gasteiger partial charge in [0.05, 0.1) is 0 Å². The molecule has 1 fully saturated rings. The molecule has 0 aromatic carbocycles. The summed E-state index contributed by atoms with van der Waals surface area (Å²) in [6, 6.07) is -0.153. The van der Waals surface area contributed by atoms with Gasteiger partial charge in [-0.1, -0.05) is 0 Å². The summed E-state index contributed by atoms with van der Waals surface area (Å²) in [7, 11) is 0. The molecule has 2 N–H and O–H groups in total. The topological polar surface area (TPSA) is 26.0 Å². The molecule has 0 amide bonds. The second-order valence-corrected chi connectivity index (χ2v) is 2.11. The van der Waals surface area contributed by atoms with E-state index in [0.29, 0.717) is 6.42 Å². The molecule has 1 aliphatic carbocycles. The number of hydrogen-bond acceptors (Lipinski definition) is 1. The standard InChI is InChI=1S/C5H10FN.ClH/c6-4-2-1-3-5(4)7;/h4-5H,1-3,7H2;1H. The van der Waals surface area contributed by atoms with Gasteiger partial charge in [0.1, 0.15) is 6.17 Å². The first-order valence-electron chi connectivity index (χ1n) is 2.70. The molecular weight excluding hydrogens is 129 g/mol. The van der Waals surface area contributed by atoms with Crippen molar-refractivity contribution in [2.45, 2.75) is 31.5 Å². The van der Waals surface area contributed by atoms with Crippen molar-refractivity contribution >= 4 is 12.4 Å². The Hall–Kier alpha value is 0.180. The van der Waals surface area contributed by atoms with Gasteiger partial charge in [0.15, 0.2) is 0 Å². The maximum absolute atomic E-state index is 12.2. The molecule has 1 rings (SSSR count). The van der Waals surface area contributed by atoms with Gasteiger partial charge in [-0.3, -0.25) is 0 Å². The fourth-order valence-electron chi connectivity index (χ4n) is 0.943. The molecule has 8 heavy (non-hydrogen) atoms. The highest BCUT2D eigenvalue weighted by molar-refractivity contribution is 5.85. The molecule has 0 saturated heterocycles. The van der Waals surface area contributed by atoms with Crippen LogP contribution in [0.25, 0.3) is 0 Å². The van der Waals surface area contributed by atoms with Crippen LogP contribution in [0.4, 0.5) is 4.39 Å². The Bertz CT molecular complexity index is 61.4. The quantitative estimate of drug-likeness (QED) is 0.537. The van der Waals surface area contributed by atoms with E-state index < -0.39 is 6.17 Å². The molecule has 50 valence electrons. The Morgan fingerprint density at radius 1 is 1.38 bits per heavy atom. The van der Waals surface area contributed by atoms with E-state index >= 15 is 0 Å². The van der Waals surface area contributed by atoms with Gasteiger partial charge < -0.3 is 5.73 Å². The molecule has 0 aliphatic heterocycles. The third-order valence-electron chi connectivity index (χ3n) is 1.48. The molecule has 0 radical (unpaired) electrons. The second kappa shape index (κ2) is 3.25. The van der Waals surface area contributed by atoms with Crippen LogP contribution in [-0.2, 0) is 0 Å². The monoisotopic (exact) mass is 139 g/mol. The summed E-state index contributed by atoms with van der Waals surface area (Å²) in [5, 5.41) is 0. The number of alkyl halides is 1. The molecule has 0 heterocycles. The summed E-state index contributed by atoms with van der Waals surface area (Å²) >= 11 is 0. The first kappa shape index (κ1) is 8.18. The van der Waals surface area contributed by atoms with Gasteiger partial charge in [0.25, 0.3) is 0 Å².